The average molecular weight is 318 g/mol. The summed E-state index contributed by atoms with van der Waals surface area (Å²) in [6.07, 6.45) is 0. The fourth-order valence-electron chi connectivity index (χ4n) is 2.70. The maximum absolute atomic E-state index is 6.08. The minimum Gasteiger partial charge on any atom is -0.389 e. The number of thiocarbonyl (C=S) groups is 1. The Bertz CT molecular complexity index is 702. The van der Waals surface area contributed by atoms with Gasteiger partial charge >= 0.3 is 0 Å². The van der Waals surface area contributed by atoms with Gasteiger partial charge in [0.25, 0.3) is 0 Å². The third-order valence-corrected chi connectivity index (χ3v) is 4.21. The Morgan fingerprint density at radius 3 is 2.52 bits per heavy atom. The maximum atomic E-state index is 6.08. The van der Waals surface area contributed by atoms with Crippen molar-refractivity contribution in [1.82, 2.24) is 0 Å². The van der Waals surface area contributed by atoms with Gasteiger partial charge in [-0.05, 0) is 30.3 Å². The minimum atomic E-state index is 0.365. The summed E-state index contributed by atoms with van der Waals surface area (Å²) < 4.78 is 0. The van der Waals surface area contributed by atoms with Crippen molar-refractivity contribution in [2.45, 2.75) is 0 Å². The molecule has 1 heterocycles. The van der Waals surface area contributed by atoms with Crippen molar-refractivity contribution in [3.63, 3.8) is 0 Å². The molecule has 0 aliphatic carbocycles. The predicted molar refractivity (Wildman–Crippen MR) is 94.1 cm³/mol. The van der Waals surface area contributed by atoms with E-state index < -0.39 is 0 Å². The molecule has 108 valence electrons. The second-order valence-corrected chi connectivity index (χ2v) is 5.96. The molecule has 21 heavy (non-hydrogen) atoms. The van der Waals surface area contributed by atoms with E-state index in [4.69, 9.17) is 29.6 Å². The zero-order chi connectivity index (χ0) is 15.0. The molecule has 0 bridgehead atoms. The van der Waals surface area contributed by atoms with E-state index in [1.165, 1.54) is 5.69 Å². The number of rotatable bonds is 2. The number of nitrogens with two attached hydrogens (primary N) is 1. The fourth-order valence-corrected chi connectivity index (χ4v) is 3.03. The van der Waals surface area contributed by atoms with Crippen LogP contribution in [0.3, 0.4) is 0 Å². The molecule has 5 heteroatoms. The maximum Gasteiger partial charge on any atom is 0.106 e. The second-order valence-electron chi connectivity index (χ2n) is 5.09. The van der Waals surface area contributed by atoms with E-state index in [-0.39, 0.29) is 0 Å². The first-order chi connectivity index (χ1) is 10.1. The summed E-state index contributed by atoms with van der Waals surface area (Å²) in [5, 5.41) is 0.643. The van der Waals surface area contributed by atoms with E-state index in [9.17, 15) is 0 Å². The summed E-state index contributed by atoms with van der Waals surface area (Å²) in [5.41, 5.74) is 10.1. The Morgan fingerprint density at radius 2 is 1.81 bits per heavy atom. The van der Waals surface area contributed by atoms with E-state index in [1.807, 2.05) is 24.3 Å². The van der Waals surface area contributed by atoms with Gasteiger partial charge in [0.15, 0.2) is 0 Å². The topological polar surface area (TPSA) is 32.5 Å². The summed E-state index contributed by atoms with van der Waals surface area (Å²) in [4.78, 5) is 4.87. The van der Waals surface area contributed by atoms with Crippen LogP contribution in [0.5, 0.6) is 0 Å². The normalized spacial score (nSPS) is 14.0. The van der Waals surface area contributed by atoms with Crippen LogP contribution >= 0.6 is 23.8 Å². The predicted octanol–water partition coefficient (Wildman–Crippen LogP) is 3.56. The summed E-state index contributed by atoms with van der Waals surface area (Å²) in [6.45, 7) is 1.82. The number of anilines is 3. The van der Waals surface area contributed by atoms with E-state index in [0.717, 1.165) is 30.0 Å². The summed E-state index contributed by atoms with van der Waals surface area (Å²) in [7, 11) is 2.10. The molecule has 0 aromatic heterocycles. The lowest BCUT2D eigenvalue weighted by Crippen LogP contribution is -2.37. The Kier molecular flexibility index (Phi) is 3.74. The average Bonchev–Trinajstić information content (AvgIpc) is 2.48. The van der Waals surface area contributed by atoms with Crippen LogP contribution in [0.25, 0.3) is 0 Å². The second kappa shape index (κ2) is 5.54. The van der Waals surface area contributed by atoms with Gasteiger partial charge in [-0.15, -0.1) is 0 Å². The van der Waals surface area contributed by atoms with E-state index in [0.29, 0.717) is 10.0 Å². The third-order valence-electron chi connectivity index (χ3n) is 3.76. The third kappa shape index (κ3) is 2.57. The molecule has 0 saturated carbocycles. The fraction of sp³-hybridized carbons (Fsp3) is 0.188. The monoisotopic (exact) mass is 317 g/mol. The highest BCUT2D eigenvalue weighted by Crippen LogP contribution is 2.38. The van der Waals surface area contributed by atoms with Crippen molar-refractivity contribution in [3.8, 4) is 0 Å². The lowest BCUT2D eigenvalue weighted by Gasteiger charge is -2.37. The van der Waals surface area contributed by atoms with Crippen molar-refractivity contribution < 1.29 is 0 Å². The smallest absolute Gasteiger partial charge is 0.106 e. The van der Waals surface area contributed by atoms with Crippen molar-refractivity contribution in [1.29, 1.82) is 0 Å². The highest BCUT2D eigenvalue weighted by atomic mass is 35.5. The summed E-state index contributed by atoms with van der Waals surface area (Å²) in [5.74, 6) is 0. The Balaban J connectivity index is 2.14. The van der Waals surface area contributed by atoms with E-state index in [1.54, 1.807) is 0 Å². The van der Waals surface area contributed by atoms with Gasteiger partial charge in [-0.25, -0.2) is 0 Å². The van der Waals surface area contributed by atoms with Crippen molar-refractivity contribution in [2.24, 2.45) is 5.73 Å². The molecule has 1 aliphatic rings. The molecule has 0 atom stereocenters. The molecule has 0 spiro atoms. The molecule has 2 aromatic rings. The largest absolute Gasteiger partial charge is 0.389 e. The number of hydrogen-bond donors (Lipinski definition) is 1. The zero-order valence-corrected chi connectivity index (χ0v) is 13.3. The molecule has 3 nitrogen and oxygen atoms in total. The molecule has 0 saturated heterocycles. The van der Waals surface area contributed by atoms with Gasteiger partial charge in [0, 0.05) is 30.7 Å². The molecule has 2 aromatic carbocycles. The number of fused-ring (bicyclic) bond motifs is 1. The number of hydrogen-bond acceptors (Lipinski definition) is 3. The Labute approximate surface area is 134 Å². The molecule has 0 unspecified atom stereocenters. The first-order valence-electron chi connectivity index (χ1n) is 6.75. The van der Waals surface area contributed by atoms with Crippen LogP contribution in [0.15, 0.2) is 42.5 Å². The number of halogens is 1. The van der Waals surface area contributed by atoms with Crippen LogP contribution in [-0.2, 0) is 0 Å². The number of likely N-dealkylation sites (N-methyl/N-ethyl adjacent to an activating group) is 1. The number of benzene rings is 2. The molecule has 2 N–H and O–H groups in total. The van der Waals surface area contributed by atoms with Gasteiger partial charge in [0.1, 0.15) is 4.99 Å². The lowest BCUT2D eigenvalue weighted by molar-refractivity contribution is 0.822. The summed E-state index contributed by atoms with van der Waals surface area (Å²) >= 11 is 11.3. The van der Waals surface area contributed by atoms with Gasteiger partial charge in [-0.2, -0.15) is 0 Å². The molecular formula is C16H16ClN3S. The van der Waals surface area contributed by atoms with Gasteiger partial charge in [-0.3, -0.25) is 0 Å². The van der Waals surface area contributed by atoms with Crippen LogP contribution in [0.4, 0.5) is 17.1 Å². The van der Waals surface area contributed by atoms with Gasteiger partial charge in [0.05, 0.1) is 17.1 Å². The molecule has 1 aliphatic heterocycles. The zero-order valence-electron chi connectivity index (χ0n) is 11.7. The summed E-state index contributed by atoms with van der Waals surface area (Å²) in [6, 6.07) is 14.0. The van der Waals surface area contributed by atoms with Crippen molar-refractivity contribution in [3.05, 3.63) is 53.1 Å². The van der Waals surface area contributed by atoms with Crippen LogP contribution in [-0.4, -0.2) is 25.1 Å². The standard InChI is InChI=1S/C16H16ClN3S/c1-19-8-9-20(15-5-3-2-4-14(15)19)13-7-6-11(17)10-12(13)16(18)21/h2-7,10H,8-9H2,1H3,(H2,18,21). The number of para-hydroxylation sites is 2. The van der Waals surface area contributed by atoms with Gasteiger partial charge in [0.2, 0.25) is 0 Å². The molecule has 3 rings (SSSR count). The van der Waals surface area contributed by atoms with Gasteiger partial charge in [-0.1, -0.05) is 36.0 Å². The highest BCUT2D eigenvalue weighted by Gasteiger charge is 2.23. The van der Waals surface area contributed by atoms with Gasteiger partial charge < -0.3 is 15.5 Å². The number of nitrogens with zero attached hydrogens (tertiary/aromatic N) is 2. The molecule has 0 radical (unpaired) electrons. The quantitative estimate of drug-likeness (QED) is 0.858. The van der Waals surface area contributed by atoms with E-state index in [2.05, 4.69) is 35.0 Å². The first-order valence-corrected chi connectivity index (χ1v) is 7.53. The van der Waals surface area contributed by atoms with Crippen LogP contribution < -0.4 is 15.5 Å². The minimum absolute atomic E-state index is 0.365. The molecule has 0 fully saturated rings. The Hall–Kier alpha value is -1.78. The molecule has 0 amide bonds. The SMILES string of the molecule is CN1CCN(c2ccc(Cl)cc2C(N)=S)c2ccccc21. The first kappa shape index (κ1) is 14.2. The van der Waals surface area contributed by atoms with Crippen LogP contribution in [0.1, 0.15) is 5.56 Å². The molecular weight excluding hydrogens is 302 g/mol. The highest BCUT2D eigenvalue weighted by molar-refractivity contribution is 7.80. The van der Waals surface area contributed by atoms with E-state index >= 15 is 0 Å². The van der Waals surface area contributed by atoms with Crippen molar-refractivity contribution >= 4 is 45.9 Å². The lowest BCUT2D eigenvalue weighted by atomic mass is 10.1. The van der Waals surface area contributed by atoms with Crippen molar-refractivity contribution in [2.75, 3.05) is 29.9 Å². The van der Waals surface area contributed by atoms with Crippen LogP contribution in [0, 0.1) is 0 Å². The van der Waals surface area contributed by atoms with Crippen LogP contribution in [0.2, 0.25) is 5.02 Å². The Morgan fingerprint density at radius 1 is 1.10 bits per heavy atom.